The van der Waals surface area contributed by atoms with Crippen LogP contribution in [-0.2, 0) is 15.6 Å². The average Bonchev–Trinajstić information content (AvgIpc) is 2.74. The number of guanidine groups is 1. The lowest BCUT2D eigenvalue weighted by molar-refractivity contribution is -0.275. The zero-order valence-electron chi connectivity index (χ0n) is 22.9. The fraction of sp³-hybridized carbons (Fsp3) is 0.423. The summed E-state index contributed by atoms with van der Waals surface area (Å²) in [7, 11) is 1.17. The van der Waals surface area contributed by atoms with E-state index in [1.54, 1.807) is 20.8 Å². The number of rotatable bonds is 4. The summed E-state index contributed by atoms with van der Waals surface area (Å²) in [5.74, 6) is -2.95. The first-order valence-corrected chi connectivity index (χ1v) is 11.5. The van der Waals surface area contributed by atoms with E-state index in [0.29, 0.717) is 11.1 Å². The third-order valence-corrected chi connectivity index (χ3v) is 4.93. The predicted octanol–water partition coefficient (Wildman–Crippen LogP) is 5.97. The molecule has 4 N–H and O–H groups in total. The van der Waals surface area contributed by atoms with Crippen LogP contribution in [-0.4, -0.2) is 37.7 Å². The molecule has 0 aromatic heterocycles. The van der Waals surface area contributed by atoms with Crippen molar-refractivity contribution in [3.63, 3.8) is 0 Å². The van der Waals surface area contributed by atoms with Gasteiger partial charge in [-0.05, 0) is 46.2 Å². The molecule has 0 fully saturated rings. The van der Waals surface area contributed by atoms with Crippen molar-refractivity contribution >= 4 is 17.8 Å². The van der Waals surface area contributed by atoms with Gasteiger partial charge < -0.3 is 25.7 Å². The molecule has 0 aliphatic heterocycles. The number of nitrogens with two attached hydrogens (primary N) is 2. The Morgan fingerprint density at radius 1 is 0.700 bits per heavy atom. The lowest BCUT2D eigenvalue weighted by Crippen LogP contribution is -2.25. The van der Waals surface area contributed by atoms with Crippen LogP contribution in [0.1, 0.15) is 73.4 Å². The van der Waals surface area contributed by atoms with Crippen LogP contribution in [0.2, 0.25) is 0 Å². The number of aliphatic imine (C=N–C) groups is 1. The van der Waals surface area contributed by atoms with Crippen molar-refractivity contribution in [2.45, 2.75) is 65.1 Å². The van der Waals surface area contributed by atoms with Crippen LogP contribution in [0, 0.1) is 0 Å². The normalized spacial score (nSPS) is 12.0. The molecule has 2 rings (SSSR count). The highest BCUT2D eigenvalue weighted by Crippen LogP contribution is 2.33. The molecule has 14 heteroatoms. The van der Waals surface area contributed by atoms with Crippen molar-refractivity contribution in [3.8, 4) is 11.5 Å². The van der Waals surface area contributed by atoms with Gasteiger partial charge in [-0.25, -0.2) is 4.79 Å². The summed E-state index contributed by atoms with van der Waals surface area (Å²) in [5, 5.41) is 0. The van der Waals surface area contributed by atoms with Crippen molar-refractivity contribution < 1.29 is 50.1 Å². The number of alkyl halides is 6. The zero-order chi connectivity index (χ0) is 31.3. The molecule has 0 aliphatic carbocycles. The second kappa shape index (κ2) is 12.5. The Kier molecular flexibility index (Phi) is 10.6. The maximum atomic E-state index is 12.2. The lowest BCUT2D eigenvalue weighted by atomic mass is 9.83. The number of ether oxygens (including phenoxy) is 3. The van der Waals surface area contributed by atoms with E-state index in [1.807, 2.05) is 20.8 Å². The number of hydrogen-bond acceptors (Lipinski definition) is 5. The standard InChI is InChI=1S/C13H16F3N3O2.C13H15F3O3/c1-12(2,3)9-5-4-7(21-13(14,15)16)6-8(9)10(20)19-11(17)18;1-12(2,3)10-6-5-8(19-13(14,15)16)7-9(10)11(17)18-4/h4-6H,1-3H3,(H4,17,18,19,20);5-7H,1-4H3. The molecule has 0 bridgehead atoms. The van der Waals surface area contributed by atoms with Crippen molar-refractivity contribution in [2.75, 3.05) is 7.11 Å². The van der Waals surface area contributed by atoms with E-state index < -0.39 is 52.9 Å². The highest BCUT2D eigenvalue weighted by molar-refractivity contribution is 6.03. The van der Waals surface area contributed by atoms with Crippen LogP contribution >= 0.6 is 0 Å². The van der Waals surface area contributed by atoms with Crippen LogP contribution in [0.15, 0.2) is 41.4 Å². The van der Waals surface area contributed by atoms with Gasteiger partial charge in [-0.1, -0.05) is 53.7 Å². The molecule has 2 aromatic carbocycles. The molecule has 0 saturated carbocycles. The molecule has 222 valence electrons. The second-order valence-electron chi connectivity index (χ2n) is 10.3. The molecule has 40 heavy (non-hydrogen) atoms. The fourth-order valence-corrected chi connectivity index (χ4v) is 3.38. The third kappa shape index (κ3) is 11.0. The highest BCUT2D eigenvalue weighted by atomic mass is 19.4. The molecular weight excluding hydrogens is 548 g/mol. The Bertz CT molecular complexity index is 1240. The number of carbonyl (C=O) groups is 2. The Labute approximate surface area is 227 Å². The first-order chi connectivity index (χ1) is 17.9. The predicted molar refractivity (Wildman–Crippen MR) is 135 cm³/mol. The largest absolute Gasteiger partial charge is 0.573 e. The van der Waals surface area contributed by atoms with Gasteiger partial charge in [-0.2, -0.15) is 4.99 Å². The van der Waals surface area contributed by atoms with Crippen LogP contribution in [0.3, 0.4) is 0 Å². The van der Waals surface area contributed by atoms with Crippen LogP contribution in [0.5, 0.6) is 11.5 Å². The molecular formula is C26H31F6N3O5. The number of halogens is 6. The quantitative estimate of drug-likeness (QED) is 0.198. The molecule has 0 heterocycles. The maximum absolute atomic E-state index is 12.2. The molecule has 0 atom stereocenters. The van der Waals surface area contributed by atoms with Crippen molar-refractivity contribution in [1.82, 2.24) is 0 Å². The summed E-state index contributed by atoms with van der Waals surface area (Å²) in [4.78, 5) is 27.0. The summed E-state index contributed by atoms with van der Waals surface area (Å²) in [6.45, 7) is 11.0. The topological polar surface area (TPSA) is 126 Å². The number of hydrogen-bond donors (Lipinski definition) is 2. The smallest absolute Gasteiger partial charge is 0.465 e. The Morgan fingerprint density at radius 2 is 1.07 bits per heavy atom. The molecule has 0 saturated heterocycles. The number of benzene rings is 2. The monoisotopic (exact) mass is 579 g/mol. The van der Waals surface area contributed by atoms with Gasteiger partial charge in [-0.15, -0.1) is 26.3 Å². The summed E-state index contributed by atoms with van der Waals surface area (Å²) in [5.41, 5.74) is 10.5. The molecule has 0 radical (unpaired) electrons. The van der Waals surface area contributed by atoms with E-state index >= 15 is 0 Å². The lowest BCUT2D eigenvalue weighted by Gasteiger charge is -2.22. The van der Waals surface area contributed by atoms with Gasteiger partial charge in [0.05, 0.1) is 12.7 Å². The Hall–Kier alpha value is -3.97. The Morgan fingerprint density at radius 3 is 1.40 bits per heavy atom. The minimum absolute atomic E-state index is 0.0438. The molecule has 2 aromatic rings. The van der Waals surface area contributed by atoms with E-state index in [4.69, 9.17) is 11.5 Å². The Balaban J connectivity index is 0.000000402. The SMILES string of the molecule is CC(C)(C)c1ccc(OC(F)(F)F)cc1C(=O)N=C(N)N.COC(=O)c1cc(OC(F)(F)F)ccc1C(C)(C)C. The molecule has 0 unspecified atom stereocenters. The van der Waals surface area contributed by atoms with Gasteiger partial charge in [-0.3, -0.25) is 4.79 Å². The van der Waals surface area contributed by atoms with Gasteiger partial charge in [0.2, 0.25) is 0 Å². The molecule has 0 spiro atoms. The highest BCUT2D eigenvalue weighted by Gasteiger charge is 2.33. The van der Waals surface area contributed by atoms with Crippen LogP contribution < -0.4 is 20.9 Å². The summed E-state index contributed by atoms with van der Waals surface area (Å²) in [6.07, 6.45) is -9.64. The fourth-order valence-electron chi connectivity index (χ4n) is 3.38. The number of nitrogens with zero attached hydrogens (tertiary/aromatic N) is 1. The van der Waals surface area contributed by atoms with Gasteiger partial charge in [0.15, 0.2) is 5.96 Å². The van der Waals surface area contributed by atoms with E-state index in [-0.39, 0.29) is 11.1 Å². The second-order valence-corrected chi connectivity index (χ2v) is 10.3. The van der Waals surface area contributed by atoms with E-state index in [1.165, 1.54) is 25.3 Å². The average molecular weight is 580 g/mol. The van der Waals surface area contributed by atoms with Gasteiger partial charge in [0.25, 0.3) is 5.91 Å². The number of methoxy groups -OCH3 is 1. The zero-order valence-corrected chi connectivity index (χ0v) is 22.9. The van der Waals surface area contributed by atoms with Crippen molar-refractivity contribution in [1.29, 1.82) is 0 Å². The summed E-state index contributed by atoms with van der Waals surface area (Å²) < 4.78 is 85.4. The van der Waals surface area contributed by atoms with Gasteiger partial charge in [0.1, 0.15) is 11.5 Å². The van der Waals surface area contributed by atoms with Crippen LogP contribution in [0.4, 0.5) is 26.3 Å². The van der Waals surface area contributed by atoms with Gasteiger partial charge in [0, 0.05) is 5.56 Å². The van der Waals surface area contributed by atoms with E-state index in [0.717, 1.165) is 18.2 Å². The van der Waals surface area contributed by atoms with Crippen molar-refractivity contribution in [3.05, 3.63) is 58.7 Å². The summed E-state index contributed by atoms with van der Waals surface area (Å²) >= 11 is 0. The minimum Gasteiger partial charge on any atom is -0.465 e. The first-order valence-electron chi connectivity index (χ1n) is 11.5. The third-order valence-electron chi connectivity index (χ3n) is 4.93. The number of amides is 1. The summed E-state index contributed by atoms with van der Waals surface area (Å²) in [6, 6.07) is 7.16. The first kappa shape index (κ1) is 34.1. The maximum Gasteiger partial charge on any atom is 0.573 e. The molecule has 0 aliphatic rings. The van der Waals surface area contributed by atoms with Crippen molar-refractivity contribution in [2.24, 2.45) is 16.5 Å². The number of carbonyl (C=O) groups excluding carboxylic acids is 2. The molecule has 1 amide bonds. The minimum atomic E-state index is -4.85. The van der Waals surface area contributed by atoms with E-state index in [9.17, 15) is 35.9 Å². The van der Waals surface area contributed by atoms with Gasteiger partial charge >= 0.3 is 18.7 Å². The van der Waals surface area contributed by atoms with E-state index in [2.05, 4.69) is 19.2 Å². The van der Waals surface area contributed by atoms with Crippen LogP contribution in [0.25, 0.3) is 0 Å². The molecule has 8 nitrogen and oxygen atoms in total. The number of esters is 1.